The second-order valence-corrected chi connectivity index (χ2v) is 7.96. The van der Waals surface area contributed by atoms with Gasteiger partial charge in [-0.15, -0.1) is 0 Å². The van der Waals surface area contributed by atoms with Gasteiger partial charge in [-0.05, 0) is 36.1 Å². The van der Waals surface area contributed by atoms with Crippen LogP contribution in [0.25, 0.3) is 22.0 Å². The topological polar surface area (TPSA) is 82.5 Å². The van der Waals surface area contributed by atoms with Gasteiger partial charge in [-0.1, -0.05) is 48.5 Å². The fourth-order valence-electron chi connectivity index (χ4n) is 3.97. The lowest BCUT2D eigenvalue weighted by molar-refractivity contribution is 0.101. The summed E-state index contributed by atoms with van der Waals surface area (Å²) >= 11 is 0. The number of nitrogens with one attached hydrogen (secondary N) is 1. The van der Waals surface area contributed by atoms with Gasteiger partial charge in [-0.25, -0.2) is 9.66 Å². The first-order valence-corrected chi connectivity index (χ1v) is 10.7. The molecule has 1 N–H and O–H groups in total. The van der Waals surface area contributed by atoms with Crippen molar-refractivity contribution in [1.82, 2.24) is 9.66 Å². The van der Waals surface area contributed by atoms with Crippen LogP contribution in [0.15, 0.2) is 71.5 Å². The molecule has 0 spiro atoms. The van der Waals surface area contributed by atoms with Crippen LogP contribution in [0.5, 0.6) is 11.5 Å². The van der Waals surface area contributed by atoms with Crippen LogP contribution >= 0.6 is 0 Å². The molecule has 4 aromatic rings. The molecule has 0 radical (unpaired) electrons. The van der Waals surface area contributed by atoms with E-state index in [1.807, 2.05) is 48.5 Å². The van der Waals surface area contributed by atoms with Gasteiger partial charge in [0.2, 0.25) is 0 Å². The van der Waals surface area contributed by atoms with Crippen molar-refractivity contribution in [3.63, 3.8) is 0 Å². The number of carbonyl (C=O) groups excluding carboxylic acids is 1. The van der Waals surface area contributed by atoms with Crippen molar-refractivity contribution >= 4 is 16.8 Å². The zero-order valence-corrected chi connectivity index (χ0v) is 18.4. The zero-order valence-electron chi connectivity index (χ0n) is 18.4. The number of carbonyl (C=O) groups is 1. The SMILES string of the molecule is COc1cc2nc(C3CC3)n(NC(=O)c3ccccc3-c3ccccc3)c(=O)c2cc1OC. The van der Waals surface area contributed by atoms with E-state index in [1.54, 1.807) is 18.2 Å². The first kappa shape index (κ1) is 20.8. The minimum atomic E-state index is -0.375. The average molecular weight is 441 g/mol. The Bertz CT molecular complexity index is 1410. The minimum absolute atomic E-state index is 0.125. The highest BCUT2D eigenvalue weighted by atomic mass is 16.5. The van der Waals surface area contributed by atoms with E-state index in [0.29, 0.717) is 33.8 Å². The quantitative estimate of drug-likeness (QED) is 0.481. The number of nitrogens with zero attached hydrogens (tertiary/aromatic N) is 2. The van der Waals surface area contributed by atoms with E-state index in [4.69, 9.17) is 14.5 Å². The molecule has 0 aliphatic heterocycles. The molecule has 0 bridgehead atoms. The van der Waals surface area contributed by atoms with Crippen molar-refractivity contribution in [2.75, 3.05) is 19.6 Å². The fourth-order valence-corrected chi connectivity index (χ4v) is 3.97. The normalized spacial score (nSPS) is 13.0. The number of fused-ring (bicyclic) bond motifs is 1. The van der Waals surface area contributed by atoms with E-state index in [9.17, 15) is 9.59 Å². The Labute approximate surface area is 190 Å². The number of rotatable bonds is 6. The Morgan fingerprint density at radius 2 is 1.64 bits per heavy atom. The van der Waals surface area contributed by atoms with Crippen molar-refractivity contribution in [1.29, 1.82) is 0 Å². The summed E-state index contributed by atoms with van der Waals surface area (Å²) in [5, 5.41) is 0.341. The van der Waals surface area contributed by atoms with E-state index in [1.165, 1.54) is 18.9 Å². The van der Waals surface area contributed by atoms with Crippen molar-refractivity contribution in [2.24, 2.45) is 0 Å². The van der Waals surface area contributed by atoms with Gasteiger partial charge in [0.05, 0.1) is 25.1 Å². The van der Waals surface area contributed by atoms with Crippen LogP contribution in [0.1, 0.15) is 34.9 Å². The second-order valence-electron chi connectivity index (χ2n) is 7.96. The number of methoxy groups -OCH3 is 2. The van der Waals surface area contributed by atoms with Crippen LogP contribution in [0.3, 0.4) is 0 Å². The van der Waals surface area contributed by atoms with Crippen molar-refractivity contribution in [3.8, 4) is 22.6 Å². The monoisotopic (exact) mass is 441 g/mol. The van der Waals surface area contributed by atoms with Gasteiger partial charge in [0, 0.05) is 17.5 Å². The van der Waals surface area contributed by atoms with Gasteiger partial charge < -0.3 is 9.47 Å². The molecular formula is C26H23N3O4. The molecule has 166 valence electrons. The summed E-state index contributed by atoms with van der Waals surface area (Å²) in [7, 11) is 3.05. The predicted octanol–water partition coefficient (Wildman–Crippen LogP) is 4.34. The Morgan fingerprint density at radius 1 is 0.970 bits per heavy atom. The highest BCUT2D eigenvalue weighted by Crippen LogP contribution is 2.39. The lowest BCUT2D eigenvalue weighted by Gasteiger charge is -2.16. The lowest BCUT2D eigenvalue weighted by Crippen LogP contribution is -2.36. The van der Waals surface area contributed by atoms with Gasteiger partial charge in [0.15, 0.2) is 11.5 Å². The Hall–Kier alpha value is -4.13. The molecule has 1 aromatic heterocycles. The Morgan fingerprint density at radius 3 is 2.33 bits per heavy atom. The van der Waals surface area contributed by atoms with Crippen molar-refractivity contribution in [2.45, 2.75) is 18.8 Å². The number of hydrogen-bond acceptors (Lipinski definition) is 5. The maximum atomic E-state index is 13.5. The maximum Gasteiger partial charge on any atom is 0.280 e. The molecule has 1 saturated carbocycles. The summed E-state index contributed by atoms with van der Waals surface area (Å²) in [4.78, 5) is 31.6. The lowest BCUT2D eigenvalue weighted by atomic mass is 9.99. The molecule has 1 amide bonds. The van der Waals surface area contributed by atoms with E-state index in [0.717, 1.165) is 24.0 Å². The molecule has 7 heteroatoms. The molecule has 3 aromatic carbocycles. The molecule has 7 nitrogen and oxygen atoms in total. The average Bonchev–Trinajstić information content (AvgIpc) is 3.71. The maximum absolute atomic E-state index is 13.5. The predicted molar refractivity (Wildman–Crippen MR) is 127 cm³/mol. The number of benzene rings is 3. The van der Waals surface area contributed by atoms with Crippen molar-refractivity contribution < 1.29 is 14.3 Å². The molecule has 1 fully saturated rings. The van der Waals surface area contributed by atoms with E-state index in [-0.39, 0.29) is 17.4 Å². The van der Waals surface area contributed by atoms with Crippen LogP contribution in [0, 0.1) is 0 Å². The Kier molecular flexibility index (Phi) is 5.30. The van der Waals surface area contributed by atoms with Crippen LogP contribution < -0.4 is 20.5 Å². The third kappa shape index (κ3) is 3.82. The number of aromatic nitrogens is 2. The number of hydrogen-bond donors (Lipinski definition) is 1. The van der Waals surface area contributed by atoms with Crippen LogP contribution in [-0.2, 0) is 0 Å². The summed E-state index contributed by atoms with van der Waals surface area (Å²) in [6.45, 7) is 0. The molecule has 0 unspecified atom stereocenters. The van der Waals surface area contributed by atoms with E-state index in [2.05, 4.69) is 5.43 Å². The zero-order chi connectivity index (χ0) is 22.9. The molecule has 33 heavy (non-hydrogen) atoms. The molecule has 1 aliphatic carbocycles. The third-order valence-electron chi connectivity index (χ3n) is 5.81. The van der Waals surface area contributed by atoms with Gasteiger partial charge in [-0.3, -0.25) is 15.0 Å². The third-order valence-corrected chi connectivity index (χ3v) is 5.81. The summed E-state index contributed by atoms with van der Waals surface area (Å²) in [6, 6.07) is 20.3. The smallest absolute Gasteiger partial charge is 0.280 e. The van der Waals surface area contributed by atoms with Gasteiger partial charge in [0.25, 0.3) is 11.5 Å². The van der Waals surface area contributed by atoms with Gasteiger partial charge in [-0.2, -0.15) is 0 Å². The van der Waals surface area contributed by atoms with E-state index >= 15 is 0 Å². The summed E-state index contributed by atoms with van der Waals surface area (Å²) < 4.78 is 12.0. The van der Waals surface area contributed by atoms with Crippen LogP contribution in [0.2, 0.25) is 0 Å². The second kappa shape index (κ2) is 8.43. The van der Waals surface area contributed by atoms with Gasteiger partial charge >= 0.3 is 0 Å². The van der Waals surface area contributed by atoms with E-state index < -0.39 is 0 Å². The number of amides is 1. The highest BCUT2D eigenvalue weighted by molar-refractivity contribution is 6.05. The first-order valence-electron chi connectivity index (χ1n) is 10.7. The molecule has 5 rings (SSSR count). The summed E-state index contributed by atoms with van der Waals surface area (Å²) in [5.74, 6) is 1.22. The first-order chi connectivity index (χ1) is 16.1. The van der Waals surface area contributed by atoms with Crippen LogP contribution in [-0.4, -0.2) is 29.8 Å². The summed E-state index contributed by atoms with van der Waals surface area (Å²) in [6.07, 6.45) is 1.84. The highest BCUT2D eigenvalue weighted by Gasteiger charge is 2.31. The molecule has 0 saturated heterocycles. The van der Waals surface area contributed by atoms with Crippen LogP contribution in [0.4, 0.5) is 0 Å². The molecule has 0 atom stereocenters. The molecule has 1 aliphatic rings. The standard InChI is InChI=1S/C26H23N3O4/c1-32-22-14-20-21(15-23(22)33-2)27-24(17-12-13-17)29(26(20)31)28-25(30)19-11-7-6-10-18(19)16-8-4-3-5-9-16/h3-11,14-15,17H,12-13H2,1-2H3,(H,28,30). The van der Waals surface area contributed by atoms with Crippen molar-refractivity contribution in [3.05, 3.63) is 88.5 Å². The fraction of sp³-hybridized carbons (Fsp3) is 0.192. The van der Waals surface area contributed by atoms with Gasteiger partial charge in [0.1, 0.15) is 5.82 Å². The molecule has 1 heterocycles. The molecular weight excluding hydrogens is 418 g/mol. The number of ether oxygens (including phenoxy) is 2. The Balaban J connectivity index is 1.61. The minimum Gasteiger partial charge on any atom is -0.493 e. The summed E-state index contributed by atoms with van der Waals surface area (Å²) in [5.41, 5.74) is 5.16. The largest absolute Gasteiger partial charge is 0.493 e.